The number of hydrogen-bond donors (Lipinski definition) is 2. The number of rotatable bonds is 5. The highest BCUT2D eigenvalue weighted by Crippen LogP contribution is 2.28. The summed E-state index contributed by atoms with van der Waals surface area (Å²) in [6.45, 7) is 1.90. The highest BCUT2D eigenvalue weighted by molar-refractivity contribution is 8.00. The van der Waals surface area contributed by atoms with Crippen molar-refractivity contribution in [3.8, 4) is 0 Å². The van der Waals surface area contributed by atoms with E-state index in [1.54, 1.807) is 18.3 Å². The molecule has 4 rings (SSSR count). The van der Waals surface area contributed by atoms with Gasteiger partial charge in [-0.05, 0) is 30.7 Å². The van der Waals surface area contributed by atoms with Crippen molar-refractivity contribution in [3.63, 3.8) is 0 Å². The summed E-state index contributed by atoms with van der Waals surface area (Å²) in [5, 5.41) is 13.1. The maximum atomic E-state index is 13.6. The molecule has 0 saturated carbocycles. The minimum Gasteiger partial charge on any atom is -0.305 e. The van der Waals surface area contributed by atoms with Gasteiger partial charge in [0.15, 0.2) is 4.34 Å². The molecule has 0 aliphatic rings. The van der Waals surface area contributed by atoms with Crippen LogP contribution in [0.25, 0.3) is 5.65 Å². The van der Waals surface area contributed by atoms with Crippen molar-refractivity contribution in [2.45, 2.75) is 17.0 Å². The fraction of sp³-hybridized carbons (Fsp3) is 0.105. The number of amides is 2. The molecular weight excluding hydrogens is 427 g/mol. The van der Waals surface area contributed by atoms with Crippen LogP contribution in [0.2, 0.25) is 0 Å². The summed E-state index contributed by atoms with van der Waals surface area (Å²) in [6.07, 6.45) is 1.68. The van der Waals surface area contributed by atoms with E-state index in [0.717, 1.165) is 5.56 Å². The molecule has 0 unspecified atom stereocenters. The maximum Gasteiger partial charge on any atom is 0.325 e. The van der Waals surface area contributed by atoms with Gasteiger partial charge in [-0.2, -0.15) is 0 Å². The van der Waals surface area contributed by atoms with E-state index in [9.17, 15) is 14.0 Å². The molecule has 0 saturated heterocycles. The Hall–Kier alpha value is -3.31. The monoisotopic (exact) mass is 442 g/mol. The van der Waals surface area contributed by atoms with Gasteiger partial charge in [-0.25, -0.2) is 14.2 Å². The Morgan fingerprint density at radius 2 is 2.03 bits per heavy atom. The first-order valence-corrected chi connectivity index (χ1v) is 10.6. The van der Waals surface area contributed by atoms with Gasteiger partial charge >= 0.3 is 6.03 Å². The molecule has 11 heteroatoms. The van der Waals surface area contributed by atoms with Gasteiger partial charge in [-0.15, -0.1) is 10.2 Å². The van der Waals surface area contributed by atoms with Crippen LogP contribution in [0.5, 0.6) is 0 Å². The second kappa shape index (κ2) is 8.59. The average Bonchev–Trinajstić information content (AvgIpc) is 3.16. The summed E-state index contributed by atoms with van der Waals surface area (Å²) in [6, 6.07) is 10.4. The quantitative estimate of drug-likeness (QED) is 0.359. The first-order chi connectivity index (χ1) is 14.5. The molecule has 0 aliphatic heterocycles. The molecule has 0 spiro atoms. The lowest BCUT2D eigenvalue weighted by Crippen LogP contribution is -2.19. The second-order valence-corrected chi connectivity index (χ2v) is 8.39. The molecule has 4 aromatic rings. The zero-order valence-electron chi connectivity index (χ0n) is 15.6. The summed E-state index contributed by atoms with van der Waals surface area (Å²) >= 11 is 2.52. The Morgan fingerprint density at radius 1 is 1.20 bits per heavy atom. The van der Waals surface area contributed by atoms with E-state index < -0.39 is 11.8 Å². The van der Waals surface area contributed by atoms with E-state index in [0.29, 0.717) is 21.4 Å². The predicted molar refractivity (Wildman–Crippen MR) is 115 cm³/mol. The minimum atomic E-state index is -0.618. The number of anilines is 2. The lowest BCUT2D eigenvalue weighted by atomic mass is 10.3. The average molecular weight is 443 g/mol. The molecule has 30 heavy (non-hydrogen) atoms. The summed E-state index contributed by atoms with van der Waals surface area (Å²) in [5.74, 6) is -0.106. The molecule has 0 atom stereocenters. The third-order valence-corrected chi connectivity index (χ3v) is 6.04. The van der Waals surface area contributed by atoms with Crippen LogP contribution < -0.4 is 16.2 Å². The van der Waals surface area contributed by atoms with Crippen LogP contribution in [-0.2, 0) is 5.75 Å². The molecule has 2 amide bonds. The Kier molecular flexibility index (Phi) is 5.72. The Labute approximate surface area is 178 Å². The molecule has 3 aromatic heterocycles. The number of pyridine rings is 1. The lowest BCUT2D eigenvalue weighted by Gasteiger charge is -2.05. The lowest BCUT2D eigenvalue weighted by molar-refractivity contribution is 0.262. The van der Waals surface area contributed by atoms with Gasteiger partial charge in [-0.1, -0.05) is 41.3 Å². The van der Waals surface area contributed by atoms with Crippen molar-refractivity contribution in [3.05, 3.63) is 76.1 Å². The Balaban J connectivity index is 1.40. The molecule has 0 fully saturated rings. The fourth-order valence-electron chi connectivity index (χ4n) is 2.65. The normalized spacial score (nSPS) is 10.9. The summed E-state index contributed by atoms with van der Waals surface area (Å²) in [7, 11) is 0. The first kappa shape index (κ1) is 20.0. The summed E-state index contributed by atoms with van der Waals surface area (Å²) in [4.78, 5) is 28.8. The SMILES string of the molecule is Cc1cccn2c(=O)cc(CSc3nnc(NC(=O)Nc4ccccc4F)s3)nc12. The number of thioether (sulfide) groups is 1. The van der Waals surface area contributed by atoms with Crippen molar-refractivity contribution in [2.24, 2.45) is 0 Å². The number of nitrogens with one attached hydrogen (secondary N) is 2. The third-order valence-electron chi connectivity index (χ3n) is 4.03. The van der Waals surface area contributed by atoms with Gasteiger partial charge in [0.05, 0.1) is 11.4 Å². The Morgan fingerprint density at radius 3 is 2.87 bits per heavy atom. The van der Waals surface area contributed by atoms with Crippen LogP contribution in [0, 0.1) is 12.7 Å². The zero-order valence-corrected chi connectivity index (χ0v) is 17.3. The van der Waals surface area contributed by atoms with Crippen LogP contribution in [0.1, 0.15) is 11.3 Å². The molecule has 0 radical (unpaired) electrons. The van der Waals surface area contributed by atoms with Gasteiger partial charge in [0.2, 0.25) is 5.13 Å². The Bertz CT molecular complexity index is 1290. The first-order valence-electron chi connectivity index (χ1n) is 8.76. The molecule has 2 N–H and O–H groups in total. The van der Waals surface area contributed by atoms with Crippen LogP contribution in [-0.4, -0.2) is 25.6 Å². The van der Waals surface area contributed by atoms with Gasteiger partial charge in [0.1, 0.15) is 11.5 Å². The van der Waals surface area contributed by atoms with E-state index >= 15 is 0 Å². The van der Waals surface area contributed by atoms with Crippen molar-refractivity contribution in [1.82, 2.24) is 19.6 Å². The van der Waals surface area contributed by atoms with Crippen LogP contribution in [0.3, 0.4) is 0 Å². The minimum absolute atomic E-state index is 0.0677. The highest BCUT2D eigenvalue weighted by Gasteiger charge is 2.12. The number of halogens is 1. The molecule has 3 heterocycles. The number of carbonyl (C=O) groups excluding carboxylic acids is 1. The number of hydrogen-bond acceptors (Lipinski definition) is 7. The van der Waals surface area contributed by atoms with Crippen molar-refractivity contribution >= 4 is 45.6 Å². The standard InChI is InChI=1S/C19H15FN6O2S2/c1-11-5-4-8-26-15(27)9-12(21-16(11)26)10-29-19-25-24-18(30-19)23-17(28)22-14-7-3-2-6-13(14)20/h2-9H,10H2,1H3,(H2,22,23,24,28). The number of carbonyl (C=O) groups is 1. The highest BCUT2D eigenvalue weighted by atomic mass is 32.2. The van der Waals surface area contributed by atoms with Gasteiger partial charge < -0.3 is 5.32 Å². The molecule has 0 bridgehead atoms. The summed E-state index contributed by atoms with van der Waals surface area (Å²) < 4.78 is 15.7. The largest absolute Gasteiger partial charge is 0.325 e. The number of urea groups is 1. The number of para-hydroxylation sites is 1. The second-order valence-electron chi connectivity index (χ2n) is 6.19. The van der Waals surface area contributed by atoms with Crippen LogP contribution in [0.4, 0.5) is 20.0 Å². The smallest absolute Gasteiger partial charge is 0.305 e. The zero-order chi connectivity index (χ0) is 21.1. The van der Waals surface area contributed by atoms with Crippen molar-refractivity contribution in [1.29, 1.82) is 0 Å². The molecule has 152 valence electrons. The van der Waals surface area contributed by atoms with E-state index in [1.165, 1.54) is 51.8 Å². The topological polar surface area (TPSA) is 101 Å². The molecule has 8 nitrogen and oxygen atoms in total. The van der Waals surface area contributed by atoms with E-state index in [-0.39, 0.29) is 16.4 Å². The maximum absolute atomic E-state index is 13.6. The van der Waals surface area contributed by atoms with E-state index in [2.05, 4.69) is 25.8 Å². The van der Waals surface area contributed by atoms with Crippen molar-refractivity contribution in [2.75, 3.05) is 10.6 Å². The van der Waals surface area contributed by atoms with Crippen molar-refractivity contribution < 1.29 is 9.18 Å². The van der Waals surface area contributed by atoms with E-state index in [1.807, 2.05) is 13.0 Å². The number of fused-ring (bicyclic) bond motifs is 1. The molecule has 0 aliphatic carbocycles. The van der Waals surface area contributed by atoms with Crippen LogP contribution >= 0.6 is 23.1 Å². The van der Waals surface area contributed by atoms with Crippen LogP contribution in [0.15, 0.2) is 57.8 Å². The third kappa shape index (κ3) is 4.47. The molecule has 1 aromatic carbocycles. The number of benzene rings is 1. The van der Waals surface area contributed by atoms with Gasteiger partial charge in [0.25, 0.3) is 5.56 Å². The number of aromatic nitrogens is 4. The molecular formula is C19H15FN6O2S2. The summed E-state index contributed by atoms with van der Waals surface area (Å²) in [5.41, 5.74) is 2.07. The van der Waals surface area contributed by atoms with E-state index in [4.69, 9.17) is 0 Å². The fourth-order valence-corrected chi connectivity index (χ4v) is 4.29. The number of nitrogens with zero attached hydrogens (tertiary/aromatic N) is 4. The predicted octanol–water partition coefficient (Wildman–Crippen LogP) is 3.93. The van der Waals surface area contributed by atoms with Gasteiger partial charge in [-0.3, -0.25) is 14.5 Å². The number of aryl methyl sites for hydroxylation is 1. The van der Waals surface area contributed by atoms with Gasteiger partial charge in [0, 0.05) is 18.0 Å².